The second-order valence-electron chi connectivity index (χ2n) is 8.63. The van der Waals surface area contributed by atoms with Crippen molar-refractivity contribution in [2.75, 3.05) is 57.1 Å². The zero-order chi connectivity index (χ0) is 23.9. The maximum absolute atomic E-state index is 13.1. The van der Waals surface area contributed by atoms with Crippen molar-refractivity contribution in [3.8, 4) is 11.5 Å². The summed E-state index contributed by atoms with van der Waals surface area (Å²) in [5.41, 5.74) is 9.91. The summed E-state index contributed by atoms with van der Waals surface area (Å²) in [5.74, 6) is 0.924. The molecule has 0 saturated carbocycles. The van der Waals surface area contributed by atoms with E-state index in [1.165, 1.54) is 23.4 Å². The molecule has 1 atom stereocenters. The zero-order valence-electron chi connectivity index (χ0n) is 19.5. The van der Waals surface area contributed by atoms with E-state index in [1.54, 1.807) is 25.3 Å². The number of nitrogens with two attached hydrogens (primary N) is 1. The highest BCUT2D eigenvalue weighted by atomic mass is 19.1. The molecule has 0 aromatic heterocycles. The number of benzene rings is 3. The van der Waals surface area contributed by atoms with Crippen LogP contribution in [-0.2, 0) is 6.42 Å². The van der Waals surface area contributed by atoms with Gasteiger partial charge in [0.1, 0.15) is 18.5 Å². The van der Waals surface area contributed by atoms with Crippen molar-refractivity contribution in [2.24, 2.45) is 0 Å². The van der Waals surface area contributed by atoms with Crippen molar-refractivity contribution in [2.45, 2.75) is 12.5 Å². The number of anilines is 2. The van der Waals surface area contributed by atoms with Gasteiger partial charge in [0.05, 0.1) is 7.11 Å². The van der Waals surface area contributed by atoms with Gasteiger partial charge in [-0.3, -0.25) is 4.90 Å². The zero-order valence-corrected chi connectivity index (χ0v) is 19.5. The molecule has 180 valence electrons. The fourth-order valence-electron chi connectivity index (χ4n) is 4.19. The minimum atomic E-state index is -0.608. The van der Waals surface area contributed by atoms with Crippen molar-refractivity contribution < 1.29 is 19.0 Å². The summed E-state index contributed by atoms with van der Waals surface area (Å²) < 4.78 is 24.1. The van der Waals surface area contributed by atoms with Crippen molar-refractivity contribution in [3.63, 3.8) is 0 Å². The lowest BCUT2D eigenvalue weighted by Gasteiger charge is -2.37. The van der Waals surface area contributed by atoms with Crippen molar-refractivity contribution in [1.82, 2.24) is 4.90 Å². The molecule has 3 aromatic rings. The number of methoxy groups -OCH3 is 1. The Morgan fingerprint density at radius 3 is 2.21 bits per heavy atom. The van der Waals surface area contributed by atoms with Gasteiger partial charge in [0.2, 0.25) is 0 Å². The first-order valence-corrected chi connectivity index (χ1v) is 11.6. The summed E-state index contributed by atoms with van der Waals surface area (Å²) in [6.07, 6.45) is 0.180. The number of hydrogen-bond donors (Lipinski definition) is 2. The van der Waals surface area contributed by atoms with Crippen molar-refractivity contribution in [1.29, 1.82) is 0 Å². The third-order valence-corrected chi connectivity index (χ3v) is 6.08. The third kappa shape index (κ3) is 6.40. The van der Waals surface area contributed by atoms with Gasteiger partial charge in [0.15, 0.2) is 11.5 Å². The van der Waals surface area contributed by atoms with Crippen molar-refractivity contribution >= 4 is 11.4 Å². The van der Waals surface area contributed by atoms with E-state index in [9.17, 15) is 9.50 Å². The van der Waals surface area contributed by atoms with E-state index >= 15 is 0 Å². The molecule has 0 bridgehead atoms. The molecule has 4 rings (SSSR count). The van der Waals surface area contributed by atoms with Crippen LogP contribution in [0.15, 0.2) is 66.7 Å². The van der Waals surface area contributed by atoms with Crippen LogP contribution in [0.3, 0.4) is 0 Å². The van der Waals surface area contributed by atoms with Crippen molar-refractivity contribution in [3.05, 3.63) is 83.7 Å². The molecule has 3 N–H and O–H groups in total. The van der Waals surface area contributed by atoms with E-state index < -0.39 is 6.10 Å². The summed E-state index contributed by atoms with van der Waals surface area (Å²) in [6, 6.07) is 20.4. The summed E-state index contributed by atoms with van der Waals surface area (Å²) >= 11 is 0. The lowest BCUT2D eigenvalue weighted by atomic mass is 10.0. The molecule has 34 heavy (non-hydrogen) atoms. The number of nitrogen functional groups attached to an aromatic ring is 1. The van der Waals surface area contributed by atoms with Crippen LogP contribution in [0, 0.1) is 5.82 Å². The van der Waals surface area contributed by atoms with Gasteiger partial charge in [-0.05, 0) is 53.9 Å². The molecule has 7 heteroatoms. The summed E-state index contributed by atoms with van der Waals surface area (Å²) in [5, 5.41) is 10.5. The molecule has 1 aliphatic heterocycles. The topological polar surface area (TPSA) is 71.2 Å². The Labute approximate surface area is 200 Å². The van der Waals surface area contributed by atoms with Gasteiger partial charge >= 0.3 is 0 Å². The summed E-state index contributed by atoms with van der Waals surface area (Å²) in [6.45, 7) is 4.26. The Bertz CT molecular complexity index is 1050. The highest BCUT2D eigenvalue weighted by Crippen LogP contribution is 2.29. The number of ether oxygens (including phenoxy) is 2. The van der Waals surface area contributed by atoms with Crippen LogP contribution in [0.5, 0.6) is 11.5 Å². The van der Waals surface area contributed by atoms with Crippen LogP contribution < -0.4 is 20.1 Å². The molecule has 0 radical (unpaired) electrons. The maximum Gasteiger partial charge on any atom is 0.163 e. The molecule has 1 unspecified atom stereocenters. The van der Waals surface area contributed by atoms with Gasteiger partial charge < -0.3 is 25.2 Å². The maximum atomic E-state index is 13.1. The van der Waals surface area contributed by atoms with Gasteiger partial charge in [0, 0.05) is 50.2 Å². The second kappa shape index (κ2) is 11.2. The van der Waals surface area contributed by atoms with E-state index in [0.717, 1.165) is 38.2 Å². The predicted molar refractivity (Wildman–Crippen MR) is 133 cm³/mol. The molecular weight excluding hydrogens is 433 g/mol. The monoisotopic (exact) mass is 465 g/mol. The standard InChI is InChI=1S/C27H32FN3O3/c1-33-26-11-8-23(29)17-27(26)34-19-25(32)18-30-12-14-31(15-13-30)24-9-4-21(5-10-24)16-20-2-6-22(28)7-3-20/h2-11,17,25,32H,12-16,18-19,29H2,1H3. The van der Waals surface area contributed by atoms with Crippen LogP contribution in [0.4, 0.5) is 15.8 Å². The molecule has 6 nitrogen and oxygen atoms in total. The van der Waals surface area contributed by atoms with E-state index in [1.807, 2.05) is 12.1 Å². The number of halogens is 1. The number of piperazine rings is 1. The van der Waals surface area contributed by atoms with Gasteiger partial charge in [-0.15, -0.1) is 0 Å². The largest absolute Gasteiger partial charge is 0.493 e. The normalized spacial score (nSPS) is 15.2. The highest BCUT2D eigenvalue weighted by Gasteiger charge is 2.20. The number of hydrogen-bond acceptors (Lipinski definition) is 6. The third-order valence-electron chi connectivity index (χ3n) is 6.08. The fraction of sp³-hybridized carbons (Fsp3) is 0.333. The van der Waals surface area contributed by atoms with Gasteiger partial charge in [0.25, 0.3) is 0 Å². The molecule has 1 fully saturated rings. The minimum absolute atomic E-state index is 0.176. The molecular formula is C27H32FN3O3. The van der Waals surface area contributed by atoms with Crippen LogP contribution in [-0.4, -0.2) is 62.6 Å². The molecule has 0 aliphatic carbocycles. The lowest BCUT2D eigenvalue weighted by molar-refractivity contribution is 0.0653. The highest BCUT2D eigenvalue weighted by molar-refractivity contribution is 5.52. The first kappa shape index (κ1) is 23.9. The van der Waals surface area contributed by atoms with E-state index in [4.69, 9.17) is 15.2 Å². The lowest BCUT2D eigenvalue weighted by Crippen LogP contribution is -2.49. The first-order valence-electron chi connectivity index (χ1n) is 11.6. The number of rotatable bonds is 9. The molecule has 0 amide bonds. The van der Waals surface area contributed by atoms with Gasteiger partial charge in [-0.1, -0.05) is 24.3 Å². The first-order chi connectivity index (χ1) is 16.5. The number of nitrogens with zero attached hydrogens (tertiary/aromatic N) is 2. The quantitative estimate of drug-likeness (QED) is 0.471. The SMILES string of the molecule is COc1ccc(N)cc1OCC(O)CN1CCN(c2ccc(Cc3ccc(F)cc3)cc2)CC1. The number of aliphatic hydroxyl groups excluding tert-OH is 1. The molecule has 1 saturated heterocycles. The van der Waals surface area contributed by atoms with E-state index in [2.05, 4.69) is 34.1 Å². The van der Waals surface area contributed by atoms with Gasteiger partial charge in [-0.25, -0.2) is 4.39 Å². The summed E-state index contributed by atoms with van der Waals surface area (Å²) in [7, 11) is 1.58. The Balaban J connectivity index is 1.22. The Morgan fingerprint density at radius 1 is 0.912 bits per heavy atom. The smallest absolute Gasteiger partial charge is 0.163 e. The Hall–Kier alpha value is -3.29. The molecule has 1 aliphatic rings. The van der Waals surface area contributed by atoms with Crippen LogP contribution in [0.1, 0.15) is 11.1 Å². The van der Waals surface area contributed by atoms with E-state index in [-0.39, 0.29) is 12.4 Å². The molecule has 0 spiro atoms. The summed E-state index contributed by atoms with van der Waals surface area (Å²) in [4.78, 5) is 4.61. The Morgan fingerprint density at radius 2 is 1.56 bits per heavy atom. The average Bonchev–Trinajstić information content (AvgIpc) is 2.85. The van der Waals surface area contributed by atoms with Crippen LogP contribution in [0.2, 0.25) is 0 Å². The van der Waals surface area contributed by atoms with Crippen LogP contribution in [0.25, 0.3) is 0 Å². The number of β-amino-alcohol motifs (C(OH)–C–C–N with tert-alkyl or cyclic N) is 1. The number of aliphatic hydroxyl groups is 1. The fourth-order valence-corrected chi connectivity index (χ4v) is 4.19. The Kier molecular flexibility index (Phi) is 7.87. The minimum Gasteiger partial charge on any atom is -0.493 e. The van der Waals surface area contributed by atoms with Gasteiger partial charge in [-0.2, -0.15) is 0 Å². The van der Waals surface area contributed by atoms with E-state index in [0.29, 0.717) is 23.7 Å². The average molecular weight is 466 g/mol. The molecule has 3 aromatic carbocycles. The predicted octanol–water partition coefficient (Wildman–Crippen LogP) is 3.57. The van der Waals surface area contributed by atoms with Crippen LogP contribution >= 0.6 is 0 Å². The second-order valence-corrected chi connectivity index (χ2v) is 8.63. The molecule has 1 heterocycles.